The number of carbonyl (C=O) groups is 2. The first kappa shape index (κ1) is 22.2. The third-order valence-electron chi connectivity index (χ3n) is 7.35. The maximum absolute atomic E-state index is 13.0. The van der Waals surface area contributed by atoms with Crippen molar-refractivity contribution in [3.05, 3.63) is 28.0 Å². The lowest BCUT2D eigenvalue weighted by Crippen LogP contribution is -2.63. The number of piperidine rings is 1. The van der Waals surface area contributed by atoms with E-state index in [2.05, 4.69) is 21.4 Å². The lowest BCUT2D eigenvalue weighted by atomic mass is 9.71. The van der Waals surface area contributed by atoms with Crippen LogP contribution >= 0.6 is 23.2 Å². The Balaban J connectivity index is 1.06. The lowest BCUT2D eigenvalue weighted by molar-refractivity contribution is -0.152. The molecule has 3 N–H and O–H groups in total. The van der Waals surface area contributed by atoms with Crippen molar-refractivity contribution in [1.29, 1.82) is 0 Å². The molecule has 1 spiro atoms. The number of hydrogen-bond acceptors (Lipinski definition) is 7. The lowest BCUT2D eigenvalue weighted by Gasteiger charge is -2.54. The molecule has 9 nitrogen and oxygen atoms in total. The molecule has 1 saturated carbocycles. The molecule has 4 fully saturated rings. The highest BCUT2D eigenvalue weighted by atomic mass is 35.5. The van der Waals surface area contributed by atoms with Gasteiger partial charge in [0.05, 0.1) is 0 Å². The van der Waals surface area contributed by atoms with Crippen molar-refractivity contribution in [3.8, 4) is 0 Å². The Labute approximate surface area is 197 Å². The standard InChI is InChI=1S/C21H28Cl2N6O3/c22-17-7-13(8-18(23)24-17)10-32-20(31)28-5-3-21(4-6-28)11-29(12-21)19(30)14-1-2-15-16(9-14)26-27-25-15/h7-8,14-16,25-27H,1-6,9-12H2. The van der Waals surface area contributed by atoms with E-state index < -0.39 is 0 Å². The molecule has 4 heterocycles. The van der Waals surface area contributed by atoms with Gasteiger partial charge in [0.15, 0.2) is 0 Å². The van der Waals surface area contributed by atoms with Crippen molar-refractivity contribution < 1.29 is 14.3 Å². The molecule has 1 aliphatic carbocycles. The number of halogens is 2. The molecular formula is C21H28Cl2N6O3. The molecule has 5 rings (SSSR count). The molecule has 3 atom stereocenters. The fourth-order valence-corrected chi connectivity index (χ4v) is 5.95. The second-order valence-corrected chi connectivity index (χ2v) is 10.3. The van der Waals surface area contributed by atoms with Crippen LogP contribution in [-0.2, 0) is 16.1 Å². The average Bonchev–Trinajstić information content (AvgIpc) is 3.23. The Bertz CT molecular complexity index is 866. The van der Waals surface area contributed by atoms with E-state index in [4.69, 9.17) is 27.9 Å². The number of pyridine rings is 1. The SMILES string of the molecule is O=C(OCc1cc(Cl)nc(Cl)c1)N1CCC2(CC1)CN(C(=O)C1CCC3NNNC3C1)C2. The number of carbonyl (C=O) groups excluding carboxylic acids is 2. The van der Waals surface area contributed by atoms with E-state index in [0.29, 0.717) is 36.6 Å². The number of hydrogen-bond donors (Lipinski definition) is 3. The Morgan fingerprint density at radius 3 is 2.47 bits per heavy atom. The predicted molar refractivity (Wildman–Crippen MR) is 119 cm³/mol. The summed E-state index contributed by atoms with van der Waals surface area (Å²) in [5, 5.41) is 0.543. The van der Waals surface area contributed by atoms with Crippen LogP contribution in [0.15, 0.2) is 12.1 Å². The van der Waals surface area contributed by atoms with Crippen LogP contribution in [0.3, 0.4) is 0 Å². The molecule has 0 radical (unpaired) electrons. The molecule has 0 aromatic carbocycles. The third kappa shape index (κ3) is 4.54. The number of ether oxygens (including phenoxy) is 1. The monoisotopic (exact) mass is 482 g/mol. The number of nitrogens with zero attached hydrogens (tertiary/aromatic N) is 3. The first-order valence-electron chi connectivity index (χ1n) is 11.2. The third-order valence-corrected chi connectivity index (χ3v) is 7.73. The van der Waals surface area contributed by atoms with E-state index in [1.54, 1.807) is 17.0 Å². The van der Waals surface area contributed by atoms with Gasteiger partial charge in [0, 0.05) is 49.6 Å². The topological polar surface area (TPSA) is 98.8 Å². The summed E-state index contributed by atoms with van der Waals surface area (Å²) in [5.74, 6) is 0.396. The van der Waals surface area contributed by atoms with Crippen molar-refractivity contribution in [2.45, 2.75) is 50.8 Å². The molecule has 1 aromatic heterocycles. The van der Waals surface area contributed by atoms with E-state index in [0.717, 1.165) is 45.2 Å². The number of aromatic nitrogens is 1. The van der Waals surface area contributed by atoms with Crippen molar-refractivity contribution in [1.82, 2.24) is 31.2 Å². The van der Waals surface area contributed by atoms with Gasteiger partial charge in [-0.2, -0.15) is 5.53 Å². The highest BCUT2D eigenvalue weighted by Gasteiger charge is 2.49. The summed E-state index contributed by atoms with van der Waals surface area (Å²) in [4.78, 5) is 33.1. The maximum Gasteiger partial charge on any atom is 0.410 e. The van der Waals surface area contributed by atoms with Crippen molar-refractivity contribution in [2.75, 3.05) is 26.2 Å². The van der Waals surface area contributed by atoms with Crippen LogP contribution in [0.25, 0.3) is 0 Å². The number of amides is 2. The van der Waals surface area contributed by atoms with E-state index in [9.17, 15) is 9.59 Å². The second kappa shape index (κ2) is 8.95. The molecule has 174 valence electrons. The van der Waals surface area contributed by atoms with Gasteiger partial charge in [0.2, 0.25) is 5.91 Å². The molecule has 4 aliphatic rings. The van der Waals surface area contributed by atoms with Gasteiger partial charge in [0.1, 0.15) is 16.9 Å². The van der Waals surface area contributed by atoms with Crippen LogP contribution in [0.1, 0.15) is 37.7 Å². The fraction of sp³-hybridized carbons (Fsp3) is 0.667. The van der Waals surface area contributed by atoms with Crippen molar-refractivity contribution >= 4 is 35.2 Å². The van der Waals surface area contributed by atoms with E-state index in [1.165, 1.54) is 0 Å². The minimum absolute atomic E-state index is 0.105. The van der Waals surface area contributed by atoms with Gasteiger partial charge in [-0.3, -0.25) is 4.79 Å². The van der Waals surface area contributed by atoms with Crippen molar-refractivity contribution in [2.24, 2.45) is 11.3 Å². The molecule has 0 bridgehead atoms. The number of likely N-dealkylation sites (tertiary alicyclic amines) is 2. The zero-order chi connectivity index (χ0) is 22.3. The van der Waals surface area contributed by atoms with Gasteiger partial charge < -0.3 is 14.5 Å². The molecule has 32 heavy (non-hydrogen) atoms. The smallest absolute Gasteiger partial charge is 0.410 e. The Kier molecular flexibility index (Phi) is 6.19. The first-order chi connectivity index (χ1) is 15.4. The van der Waals surface area contributed by atoms with Crippen LogP contribution in [0.4, 0.5) is 4.79 Å². The van der Waals surface area contributed by atoms with Crippen LogP contribution in [0, 0.1) is 11.3 Å². The summed E-state index contributed by atoms with van der Waals surface area (Å²) in [6, 6.07) is 4.00. The van der Waals surface area contributed by atoms with Crippen LogP contribution < -0.4 is 16.4 Å². The average molecular weight is 483 g/mol. The summed E-state index contributed by atoms with van der Waals surface area (Å²) in [5.41, 5.74) is 10.3. The Morgan fingerprint density at radius 2 is 1.75 bits per heavy atom. The molecular weight excluding hydrogens is 455 g/mol. The van der Waals surface area contributed by atoms with Crippen molar-refractivity contribution in [3.63, 3.8) is 0 Å². The normalized spacial score (nSPS) is 28.9. The Morgan fingerprint density at radius 1 is 1.06 bits per heavy atom. The molecule has 11 heteroatoms. The number of hydrazine groups is 2. The van der Waals surface area contributed by atoms with Crippen LogP contribution in [0.2, 0.25) is 10.3 Å². The molecule has 3 aliphatic heterocycles. The predicted octanol–water partition coefficient (Wildman–Crippen LogP) is 2.10. The highest BCUT2D eigenvalue weighted by molar-refractivity contribution is 6.32. The van der Waals surface area contributed by atoms with Gasteiger partial charge in [0.25, 0.3) is 0 Å². The quantitative estimate of drug-likeness (QED) is 0.567. The van der Waals surface area contributed by atoms with Crippen LogP contribution in [0.5, 0.6) is 0 Å². The number of fused-ring (bicyclic) bond motifs is 1. The summed E-state index contributed by atoms with van der Waals surface area (Å²) >= 11 is 11.8. The molecule has 3 saturated heterocycles. The minimum Gasteiger partial charge on any atom is -0.445 e. The fourth-order valence-electron chi connectivity index (χ4n) is 5.45. The summed E-state index contributed by atoms with van der Waals surface area (Å²) in [6.45, 7) is 3.00. The zero-order valence-corrected chi connectivity index (χ0v) is 19.3. The van der Waals surface area contributed by atoms with Gasteiger partial charge in [-0.1, -0.05) is 23.2 Å². The van der Waals surface area contributed by atoms with Gasteiger partial charge >= 0.3 is 6.09 Å². The summed E-state index contributed by atoms with van der Waals surface area (Å²) < 4.78 is 5.43. The summed E-state index contributed by atoms with van der Waals surface area (Å²) in [6.07, 6.45) is 4.27. The van der Waals surface area contributed by atoms with E-state index in [-0.39, 0.29) is 34.3 Å². The van der Waals surface area contributed by atoms with E-state index in [1.807, 2.05) is 4.90 Å². The second-order valence-electron chi connectivity index (χ2n) is 9.49. The van der Waals surface area contributed by atoms with Gasteiger partial charge in [-0.05, 0) is 49.8 Å². The Hall–Kier alpha value is -1.65. The maximum atomic E-state index is 13.0. The zero-order valence-electron chi connectivity index (χ0n) is 17.8. The molecule has 3 unspecified atom stereocenters. The number of nitrogens with one attached hydrogen (secondary N) is 3. The highest BCUT2D eigenvalue weighted by Crippen LogP contribution is 2.42. The van der Waals surface area contributed by atoms with E-state index >= 15 is 0 Å². The molecule has 1 aromatic rings. The largest absolute Gasteiger partial charge is 0.445 e. The molecule has 2 amide bonds. The minimum atomic E-state index is -0.334. The first-order valence-corrected chi connectivity index (χ1v) is 11.9. The number of rotatable bonds is 3. The van der Waals surface area contributed by atoms with Gasteiger partial charge in [-0.15, -0.1) is 0 Å². The van der Waals surface area contributed by atoms with Gasteiger partial charge in [-0.25, -0.2) is 20.6 Å². The van der Waals surface area contributed by atoms with Crippen LogP contribution in [-0.4, -0.2) is 65.0 Å². The summed E-state index contributed by atoms with van der Waals surface area (Å²) in [7, 11) is 0.